The summed E-state index contributed by atoms with van der Waals surface area (Å²) in [6.45, 7) is 7.55. The summed E-state index contributed by atoms with van der Waals surface area (Å²) in [4.78, 5) is 17.4. The van der Waals surface area contributed by atoms with E-state index in [9.17, 15) is 4.79 Å². The minimum absolute atomic E-state index is 0. The van der Waals surface area contributed by atoms with Gasteiger partial charge in [0.1, 0.15) is 5.76 Å². The van der Waals surface area contributed by atoms with Gasteiger partial charge in [-0.15, -0.1) is 24.8 Å². The van der Waals surface area contributed by atoms with E-state index in [1.807, 2.05) is 37.3 Å². The molecule has 8 nitrogen and oxygen atoms in total. The number of aromatic nitrogens is 3. The Hall–Kier alpha value is -1.61. The first-order valence-electron chi connectivity index (χ1n) is 9.23. The molecule has 10 heteroatoms. The second-order valence-corrected chi connectivity index (χ2v) is 7.35. The summed E-state index contributed by atoms with van der Waals surface area (Å²) in [7, 11) is 1.91. The lowest BCUT2D eigenvalue weighted by molar-refractivity contribution is -0.137. The number of carbonyl (C=O) groups excluding carboxylic acids is 1. The van der Waals surface area contributed by atoms with E-state index >= 15 is 0 Å². The minimum Gasteiger partial charge on any atom is -0.361 e. The summed E-state index contributed by atoms with van der Waals surface area (Å²) in [5, 5.41) is 11.7. The molecule has 0 aromatic carbocycles. The minimum atomic E-state index is 0. The van der Waals surface area contributed by atoms with Crippen molar-refractivity contribution in [2.45, 2.75) is 19.4 Å². The van der Waals surface area contributed by atoms with Crippen molar-refractivity contribution in [2.75, 3.05) is 39.3 Å². The molecule has 0 unspecified atom stereocenters. The van der Waals surface area contributed by atoms with Gasteiger partial charge in [0.25, 0.3) is 0 Å². The average Bonchev–Trinajstić information content (AvgIpc) is 3.36. The van der Waals surface area contributed by atoms with Crippen molar-refractivity contribution < 1.29 is 9.32 Å². The summed E-state index contributed by atoms with van der Waals surface area (Å²) in [5.41, 5.74) is 2.11. The molecule has 4 heterocycles. The van der Waals surface area contributed by atoms with E-state index in [2.05, 4.69) is 20.5 Å². The van der Waals surface area contributed by atoms with Gasteiger partial charge < -0.3 is 14.7 Å². The van der Waals surface area contributed by atoms with Crippen LogP contribution in [-0.2, 0) is 18.4 Å². The zero-order valence-electron chi connectivity index (χ0n) is 16.2. The summed E-state index contributed by atoms with van der Waals surface area (Å²) < 4.78 is 6.94. The highest BCUT2D eigenvalue weighted by Crippen LogP contribution is 2.29. The number of nitrogens with one attached hydrogen (secondary N) is 1. The Morgan fingerprint density at radius 1 is 1.25 bits per heavy atom. The average molecular weight is 431 g/mol. The fraction of sp³-hybridized carbons (Fsp3) is 0.611. The van der Waals surface area contributed by atoms with Crippen molar-refractivity contribution in [3.63, 3.8) is 0 Å². The van der Waals surface area contributed by atoms with Gasteiger partial charge in [0.2, 0.25) is 5.91 Å². The smallest absolute Gasteiger partial charge is 0.227 e. The Morgan fingerprint density at radius 2 is 2.00 bits per heavy atom. The molecule has 2 fully saturated rings. The Bertz CT molecular complexity index is 772. The number of hydrogen-bond donors (Lipinski definition) is 1. The van der Waals surface area contributed by atoms with Crippen molar-refractivity contribution in [1.29, 1.82) is 0 Å². The molecular formula is C18H28Cl2N6O2. The van der Waals surface area contributed by atoms with Crippen molar-refractivity contribution in [2.24, 2.45) is 13.0 Å². The van der Waals surface area contributed by atoms with Gasteiger partial charge in [-0.1, -0.05) is 5.16 Å². The summed E-state index contributed by atoms with van der Waals surface area (Å²) in [6.07, 6.45) is 3.91. The molecular weight excluding hydrogens is 403 g/mol. The van der Waals surface area contributed by atoms with Crippen LogP contribution in [0.2, 0.25) is 0 Å². The molecule has 2 atom stereocenters. The SMILES string of the molecule is Cc1cc(CN2CCN(C(=O)[C@H]3CNC[C@@H]3c3cnn(C)c3)CC2)no1.Cl.Cl. The van der Waals surface area contributed by atoms with E-state index in [1.165, 1.54) is 0 Å². The maximum absolute atomic E-state index is 13.1. The Balaban J connectivity index is 0.00000140. The van der Waals surface area contributed by atoms with Gasteiger partial charge in [0.05, 0.1) is 17.8 Å². The van der Waals surface area contributed by atoms with E-state index in [0.29, 0.717) is 0 Å². The molecule has 0 aliphatic carbocycles. The maximum Gasteiger partial charge on any atom is 0.227 e. The lowest BCUT2D eigenvalue weighted by atomic mass is 9.89. The standard InChI is InChI=1S/C18H26N6O2.2ClH/c1-13-7-15(21-26-13)12-23-3-5-24(6-4-23)18(25)17-10-19-9-16(17)14-8-20-22(2)11-14;;/h7-8,11,16-17,19H,3-6,9-10,12H2,1-2H3;2*1H/t16-,17+;;/m1../s1. The zero-order chi connectivity index (χ0) is 18.1. The van der Waals surface area contributed by atoms with Crippen molar-refractivity contribution >= 4 is 30.7 Å². The van der Waals surface area contributed by atoms with Crippen molar-refractivity contribution in [1.82, 2.24) is 30.1 Å². The van der Waals surface area contributed by atoms with E-state index in [0.717, 1.165) is 62.8 Å². The number of rotatable bonds is 4. The zero-order valence-corrected chi connectivity index (χ0v) is 17.8. The molecule has 1 N–H and O–H groups in total. The van der Waals surface area contributed by atoms with Crippen LogP contribution >= 0.6 is 24.8 Å². The van der Waals surface area contributed by atoms with Crippen LogP contribution < -0.4 is 5.32 Å². The molecule has 0 saturated carbocycles. The molecule has 2 aromatic heterocycles. The van der Waals surface area contributed by atoms with Gasteiger partial charge in [-0.05, 0) is 12.5 Å². The third-order valence-electron chi connectivity index (χ3n) is 5.43. The number of carbonyl (C=O) groups is 1. The van der Waals surface area contributed by atoms with Gasteiger partial charge in [0, 0.05) is 71.0 Å². The summed E-state index contributed by atoms with van der Waals surface area (Å²) in [6, 6.07) is 1.97. The van der Waals surface area contributed by atoms with Crippen LogP contribution in [0.3, 0.4) is 0 Å². The Morgan fingerprint density at radius 3 is 2.61 bits per heavy atom. The first-order chi connectivity index (χ1) is 12.6. The second-order valence-electron chi connectivity index (χ2n) is 7.35. The molecule has 0 spiro atoms. The van der Waals surface area contributed by atoms with Crippen LogP contribution in [0.15, 0.2) is 23.0 Å². The summed E-state index contributed by atoms with van der Waals surface area (Å²) in [5.74, 6) is 1.32. The molecule has 1 amide bonds. The highest BCUT2D eigenvalue weighted by Gasteiger charge is 2.37. The van der Waals surface area contributed by atoms with E-state index < -0.39 is 0 Å². The van der Waals surface area contributed by atoms with Crippen LogP contribution in [0.25, 0.3) is 0 Å². The molecule has 0 bridgehead atoms. The number of amides is 1. The molecule has 28 heavy (non-hydrogen) atoms. The van der Waals surface area contributed by atoms with Crippen molar-refractivity contribution in [3.05, 3.63) is 35.5 Å². The first-order valence-corrected chi connectivity index (χ1v) is 9.23. The van der Waals surface area contributed by atoms with E-state index in [1.54, 1.807) is 4.68 Å². The third-order valence-corrected chi connectivity index (χ3v) is 5.43. The Labute approximate surface area is 177 Å². The molecule has 156 valence electrons. The lowest BCUT2D eigenvalue weighted by Crippen LogP contribution is -2.50. The Kier molecular flexibility index (Phi) is 7.88. The molecule has 2 aliphatic rings. The van der Waals surface area contributed by atoms with Crippen LogP contribution in [0.1, 0.15) is 22.9 Å². The molecule has 0 radical (unpaired) electrons. The lowest BCUT2D eigenvalue weighted by Gasteiger charge is -2.36. The molecule has 2 saturated heterocycles. The van der Waals surface area contributed by atoms with Gasteiger partial charge in [-0.2, -0.15) is 5.10 Å². The number of hydrogen-bond acceptors (Lipinski definition) is 6. The predicted octanol–water partition coefficient (Wildman–Crippen LogP) is 1.21. The molecule has 4 rings (SSSR count). The van der Waals surface area contributed by atoms with Gasteiger partial charge in [-0.25, -0.2) is 0 Å². The van der Waals surface area contributed by atoms with Crippen LogP contribution in [-0.4, -0.2) is 69.9 Å². The highest BCUT2D eigenvalue weighted by molar-refractivity contribution is 5.85. The largest absolute Gasteiger partial charge is 0.361 e. The summed E-state index contributed by atoms with van der Waals surface area (Å²) >= 11 is 0. The quantitative estimate of drug-likeness (QED) is 0.784. The van der Waals surface area contributed by atoms with Crippen LogP contribution in [0.4, 0.5) is 0 Å². The van der Waals surface area contributed by atoms with Crippen LogP contribution in [0, 0.1) is 12.8 Å². The number of nitrogens with zero attached hydrogens (tertiary/aromatic N) is 5. The monoisotopic (exact) mass is 430 g/mol. The first kappa shape index (κ1) is 22.7. The molecule has 2 aromatic rings. The van der Waals surface area contributed by atoms with E-state index in [4.69, 9.17) is 4.52 Å². The third kappa shape index (κ3) is 4.86. The van der Waals surface area contributed by atoms with E-state index in [-0.39, 0.29) is 42.6 Å². The van der Waals surface area contributed by atoms with Gasteiger partial charge >= 0.3 is 0 Å². The number of piperazine rings is 1. The number of aryl methyl sites for hydroxylation is 2. The van der Waals surface area contributed by atoms with Crippen LogP contribution in [0.5, 0.6) is 0 Å². The van der Waals surface area contributed by atoms with Crippen molar-refractivity contribution in [3.8, 4) is 0 Å². The maximum atomic E-state index is 13.1. The van der Waals surface area contributed by atoms with Gasteiger partial charge in [0.15, 0.2) is 0 Å². The fourth-order valence-electron chi connectivity index (χ4n) is 4.00. The predicted molar refractivity (Wildman–Crippen MR) is 110 cm³/mol. The molecule has 2 aliphatic heterocycles. The topological polar surface area (TPSA) is 79.4 Å². The fourth-order valence-corrected chi connectivity index (χ4v) is 4.00. The van der Waals surface area contributed by atoms with Gasteiger partial charge in [-0.3, -0.25) is 14.4 Å². The highest BCUT2D eigenvalue weighted by atomic mass is 35.5. The normalized spacial score (nSPS) is 22.6. The number of halogens is 2. The second kappa shape index (κ2) is 9.73.